The van der Waals surface area contributed by atoms with Gasteiger partial charge in [-0.2, -0.15) is 5.10 Å². The van der Waals surface area contributed by atoms with Gasteiger partial charge in [-0.25, -0.2) is 9.48 Å². The van der Waals surface area contributed by atoms with Crippen LogP contribution in [-0.2, 0) is 17.6 Å². The van der Waals surface area contributed by atoms with Crippen LogP contribution in [0.25, 0.3) is 16.9 Å². The van der Waals surface area contributed by atoms with Crippen molar-refractivity contribution in [2.45, 2.75) is 26.2 Å². The molecule has 0 aliphatic heterocycles. The van der Waals surface area contributed by atoms with Gasteiger partial charge in [0.05, 0.1) is 25.1 Å². The van der Waals surface area contributed by atoms with Gasteiger partial charge < -0.3 is 9.47 Å². The summed E-state index contributed by atoms with van der Waals surface area (Å²) in [6.07, 6.45) is 2.76. The second-order valence-electron chi connectivity index (χ2n) is 6.52. The van der Waals surface area contributed by atoms with E-state index in [1.54, 1.807) is 7.11 Å². The SMILES string of the molecule is CCOC(=O)c1nn(-c2ccc(OC)cc2)c2c1CCCc1ccccc1-2. The Morgan fingerprint density at radius 3 is 2.63 bits per heavy atom. The van der Waals surface area contributed by atoms with E-state index in [0.717, 1.165) is 47.5 Å². The summed E-state index contributed by atoms with van der Waals surface area (Å²) in [6, 6.07) is 16.1. The number of carbonyl (C=O) groups is 1. The van der Waals surface area contributed by atoms with Crippen molar-refractivity contribution < 1.29 is 14.3 Å². The largest absolute Gasteiger partial charge is 0.497 e. The summed E-state index contributed by atoms with van der Waals surface area (Å²) < 4.78 is 12.4. The standard InChI is InChI=1S/C22H22N2O3/c1-3-27-22(25)20-19-10-6-8-15-7-4-5-9-18(15)21(19)24(23-20)16-11-13-17(26-2)14-12-16/h4-5,7,9,11-14H,3,6,8,10H2,1-2H3. The maximum absolute atomic E-state index is 12.6. The second kappa shape index (κ2) is 7.27. The molecule has 0 N–H and O–H groups in total. The van der Waals surface area contributed by atoms with E-state index in [1.807, 2.05) is 41.9 Å². The average Bonchev–Trinajstić information content (AvgIpc) is 2.97. The fourth-order valence-corrected chi connectivity index (χ4v) is 3.66. The topological polar surface area (TPSA) is 53.3 Å². The third-order valence-electron chi connectivity index (χ3n) is 4.91. The van der Waals surface area contributed by atoms with Crippen molar-refractivity contribution in [3.8, 4) is 22.7 Å². The fraction of sp³-hybridized carbons (Fsp3) is 0.273. The molecule has 1 aliphatic rings. The summed E-state index contributed by atoms with van der Waals surface area (Å²) >= 11 is 0. The number of hydrogen-bond acceptors (Lipinski definition) is 4. The number of ether oxygens (including phenoxy) is 2. The monoisotopic (exact) mass is 362 g/mol. The minimum atomic E-state index is -0.361. The molecule has 0 spiro atoms. The highest BCUT2D eigenvalue weighted by Crippen LogP contribution is 2.36. The molecule has 0 bridgehead atoms. The first kappa shape index (κ1) is 17.3. The number of esters is 1. The predicted molar refractivity (Wildman–Crippen MR) is 104 cm³/mol. The van der Waals surface area contributed by atoms with Crippen molar-refractivity contribution in [2.75, 3.05) is 13.7 Å². The number of methoxy groups -OCH3 is 1. The van der Waals surface area contributed by atoms with E-state index < -0.39 is 0 Å². The van der Waals surface area contributed by atoms with E-state index in [0.29, 0.717) is 12.3 Å². The van der Waals surface area contributed by atoms with Gasteiger partial charge in [0.1, 0.15) is 5.75 Å². The van der Waals surface area contributed by atoms with Crippen LogP contribution in [0.5, 0.6) is 5.75 Å². The number of rotatable bonds is 4. The lowest BCUT2D eigenvalue weighted by Gasteiger charge is -2.11. The molecule has 2 aromatic carbocycles. The predicted octanol–water partition coefficient (Wildman–Crippen LogP) is 4.21. The van der Waals surface area contributed by atoms with Crippen LogP contribution >= 0.6 is 0 Å². The molecule has 0 unspecified atom stereocenters. The van der Waals surface area contributed by atoms with Crippen LogP contribution in [0.4, 0.5) is 0 Å². The molecule has 5 nitrogen and oxygen atoms in total. The zero-order chi connectivity index (χ0) is 18.8. The van der Waals surface area contributed by atoms with Crippen LogP contribution in [0.2, 0.25) is 0 Å². The van der Waals surface area contributed by atoms with Gasteiger partial charge in [-0.1, -0.05) is 24.3 Å². The third kappa shape index (κ3) is 3.10. The summed E-state index contributed by atoms with van der Waals surface area (Å²) in [7, 11) is 1.64. The Kier molecular flexibility index (Phi) is 4.67. The summed E-state index contributed by atoms with van der Waals surface area (Å²) in [4.78, 5) is 12.6. The first-order valence-corrected chi connectivity index (χ1v) is 9.24. The molecule has 3 aromatic rings. The van der Waals surface area contributed by atoms with Gasteiger partial charge in [0.2, 0.25) is 0 Å². The van der Waals surface area contributed by atoms with Gasteiger partial charge in [0.25, 0.3) is 0 Å². The molecule has 1 heterocycles. The lowest BCUT2D eigenvalue weighted by atomic mass is 10.0. The van der Waals surface area contributed by atoms with Crippen molar-refractivity contribution >= 4 is 5.97 Å². The Morgan fingerprint density at radius 1 is 1.11 bits per heavy atom. The Hall–Kier alpha value is -3.08. The number of hydrogen-bond donors (Lipinski definition) is 0. The molecule has 0 amide bonds. The van der Waals surface area contributed by atoms with E-state index in [9.17, 15) is 4.79 Å². The number of aromatic nitrogens is 2. The van der Waals surface area contributed by atoms with Crippen LogP contribution in [0, 0.1) is 0 Å². The Bertz CT molecular complexity index is 974. The van der Waals surface area contributed by atoms with Crippen molar-refractivity contribution in [1.82, 2.24) is 9.78 Å². The zero-order valence-corrected chi connectivity index (χ0v) is 15.6. The Balaban J connectivity index is 1.95. The van der Waals surface area contributed by atoms with Crippen LogP contribution in [0.15, 0.2) is 48.5 Å². The normalized spacial score (nSPS) is 12.7. The van der Waals surface area contributed by atoms with Crippen LogP contribution in [0.3, 0.4) is 0 Å². The summed E-state index contributed by atoms with van der Waals surface area (Å²) in [5.74, 6) is 0.420. The van der Waals surface area contributed by atoms with E-state index in [-0.39, 0.29) is 5.97 Å². The molecular weight excluding hydrogens is 340 g/mol. The lowest BCUT2D eigenvalue weighted by Crippen LogP contribution is -2.09. The summed E-state index contributed by atoms with van der Waals surface area (Å²) in [5.41, 5.74) is 5.66. The number of benzene rings is 2. The fourth-order valence-electron chi connectivity index (χ4n) is 3.66. The van der Waals surface area contributed by atoms with Crippen LogP contribution < -0.4 is 4.74 Å². The number of carbonyl (C=O) groups excluding carboxylic acids is 1. The minimum Gasteiger partial charge on any atom is -0.497 e. The van der Waals surface area contributed by atoms with Crippen LogP contribution in [0.1, 0.15) is 35.0 Å². The average molecular weight is 362 g/mol. The van der Waals surface area contributed by atoms with Gasteiger partial charge in [0, 0.05) is 11.1 Å². The van der Waals surface area contributed by atoms with E-state index in [4.69, 9.17) is 9.47 Å². The zero-order valence-electron chi connectivity index (χ0n) is 15.6. The molecule has 0 saturated heterocycles. The Labute approximate surface area is 158 Å². The van der Waals surface area contributed by atoms with Crippen molar-refractivity contribution in [1.29, 1.82) is 0 Å². The second-order valence-corrected chi connectivity index (χ2v) is 6.52. The van der Waals surface area contributed by atoms with E-state index in [1.165, 1.54) is 5.56 Å². The van der Waals surface area contributed by atoms with Gasteiger partial charge in [-0.15, -0.1) is 0 Å². The van der Waals surface area contributed by atoms with Gasteiger partial charge in [-0.3, -0.25) is 0 Å². The van der Waals surface area contributed by atoms with Crippen molar-refractivity contribution in [3.05, 3.63) is 65.4 Å². The highest BCUT2D eigenvalue weighted by molar-refractivity contribution is 5.92. The maximum atomic E-state index is 12.6. The summed E-state index contributed by atoms with van der Waals surface area (Å²) in [6.45, 7) is 2.14. The molecule has 1 aliphatic carbocycles. The molecule has 0 fully saturated rings. The molecule has 1 aromatic heterocycles. The van der Waals surface area contributed by atoms with Gasteiger partial charge >= 0.3 is 5.97 Å². The van der Waals surface area contributed by atoms with Gasteiger partial charge in [-0.05, 0) is 56.0 Å². The number of aryl methyl sites for hydroxylation is 1. The number of nitrogens with zero attached hydrogens (tertiary/aromatic N) is 2. The van der Waals surface area contributed by atoms with Gasteiger partial charge in [0.15, 0.2) is 5.69 Å². The maximum Gasteiger partial charge on any atom is 0.359 e. The smallest absolute Gasteiger partial charge is 0.359 e. The molecule has 4 rings (SSSR count). The first-order valence-electron chi connectivity index (χ1n) is 9.24. The molecule has 0 radical (unpaired) electrons. The van der Waals surface area contributed by atoms with Crippen LogP contribution in [-0.4, -0.2) is 29.5 Å². The number of fused-ring (bicyclic) bond motifs is 3. The Morgan fingerprint density at radius 2 is 1.89 bits per heavy atom. The molecule has 138 valence electrons. The molecule has 0 saturated carbocycles. The van der Waals surface area contributed by atoms with E-state index >= 15 is 0 Å². The first-order chi connectivity index (χ1) is 13.2. The quantitative estimate of drug-likeness (QED) is 0.652. The van der Waals surface area contributed by atoms with Crippen molar-refractivity contribution in [3.63, 3.8) is 0 Å². The molecule has 0 atom stereocenters. The molecular formula is C22H22N2O3. The third-order valence-corrected chi connectivity index (χ3v) is 4.91. The van der Waals surface area contributed by atoms with Crippen molar-refractivity contribution in [2.24, 2.45) is 0 Å². The summed E-state index contributed by atoms with van der Waals surface area (Å²) in [5, 5.41) is 4.68. The van der Waals surface area contributed by atoms with E-state index in [2.05, 4.69) is 23.3 Å². The molecule has 27 heavy (non-hydrogen) atoms. The highest BCUT2D eigenvalue weighted by Gasteiger charge is 2.28. The minimum absolute atomic E-state index is 0.333. The lowest BCUT2D eigenvalue weighted by molar-refractivity contribution is 0.0517. The highest BCUT2D eigenvalue weighted by atomic mass is 16.5. The molecule has 5 heteroatoms.